The Balaban J connectivity index is 1.39. The van der Waals surface area contributed by atoms with E-state index >= 15 is 0 Å². The molecule has 1 aliphatic heterocycles. The average molecular weight is 382 g/mol. The summed E-state index contributed by atoms with van der Waals surface area (Å²) in [5, 5.41) is 3.65. The first-order valence-electron chi connectivity index (χ1n) is 10.5. The van der Waals surface area contributed by atoms with E-state index < -0.39 is 0 Å². The van der Waals surface area contributed by atoms with Gasteiger partial charge < -0.3 is 19.9 Å². The summed E-state index contributed by atoms with van der Waals surface area (Å²) in [6.45, 7) is 5.85. The van der Waals surface area contributed by atoms with E-state index in [1.807, 2.05) is 12.1 Å². The van der Waals surface area contributed by atoms with Crippen LogP contribution in [0.15, 0.2) is 30.3 Å². The summed E-state index contributed by atoms with van der Waals surface area (Å²) in [4.78, 5) is 14.3. The number of aryl methyl sites for hydroxylation is 1. The molecule has 6 heteroatoms. The molecule has 2 aliphatic rings. The summed E-state index contributed by atoms with van der Waals surface area (Å²) in [6.07, 6.45) is 6.51. The predicted octanol–water partition coefficient (Wildman–Crippen LogP) is 3.86. The Morgan fingerprint density at radius 1 is 0.929 bits per heavy atom. The van der Waals surface area contributed by atoms with Crippen LogP contribution in [0.5, 0.6) is 5.75 Å². The molecule has 0 atom stereocenters. The first-order chi connectivity index (χ1) is 13.7. The van der Waals surface area contributed by atoms with Gasteiger partial charge in [-0.2, -0.15) is 4.98 Å². The summed E-state index contributed by atoms with van der Waals surface area (Å²) >= 11 is 0. The van der Waals surface area contributed by atoms with Crippen LogP contribution >= 0.6 is 0 Å². The molecule has 2 fully saturated rings. The van der Waals surface area contributed by atoms with Crippen LogP contribution in [-0.2, 0) is 0 Å². The molecule has 1 saturated carbocycles. The SMILES string of the molecule is COc1ccc(N2CCN(c3nc(C)cc(NC4CCCCC4)n3)CC2)cc1. The normalized spacial score (nSPS) is 18.2. The van der Waals surface area contributed by atoms with Crippen LogP contribution in [0.2, 0.25) is 0 Å². The number of ether oxygens (including phenoxy) is 1. The molecular formula is C22H31N5O. The highest BCUT2D eigenvalue weighted by Crippen LogP contribution is 2.24. The number of nitrogens with one attached hydrogen (secondary N) is 1. The van der Waals surface area contributed by atoms with Crippen molar-refractivity contribution in [3.63, 3.8) is 0 Å². The summed E-state index contributed by atoms with van der Waals surface area (Å²) < 4.78 is 5.26. The fourth-order valence-corrected chi connectivity index (χ4v) is 4.18. The van der Waals surface area contributed by atoms with Crippen molar-refractivity contribution < 1.29 is 4.74 Å². The molecule has 2 aromatic rings. The van der Waals surface area contributed by atoms with Gasteiger partial charge in [-0.25, -0.2) is 4.98 Å². The first kappa shape index (κ1) is 18.8. The lowest BCUT2D eigenvalue weighted by Crippen LogP contribution is -2.47. The lowest BCUT2D eigenvalue weighted by Gasteiger charge is -2.36. The number of piperazine rings is 1. The van der Waals surface area contributed by atoms with E-state index in [4.69, 9.17) is 14.7 Å². The topological polar surface area (TPSA) is 53.5 Å². The lowest BCUT2D eigenvalue weighted by atomic mass is 9.95. The Kier molecular flexibility index (Phi) is 5.84. The zero-order valence-electron chi connectivity index (χ0n) is 17.0. The van der Waals surface area contributed by atoms with Gasteiger partial charge in [0.1, 0.15) is 11.6 Å². The molecule has 1 saturated heterocycles. The number of hydrogen-bond donors (Lipinski definition) is 1. The van der Waals surface area contributed by atoms with Gasteiger partial charge in [-0.3, -0.25) is 0 Å². The molecule has 2 heterocycles. The zero-order valence-corrected chi connectivity index (χ0v) is 17.0. The van der Waals surface area contributed by atoms with Gasteiger partial charge in [0.15, 0.2) is 0 Å². The van der Waals surface area contributed by atoms with E-state index in [9.17, 15) is 0 Å². The van der Waals surface area contributed by atoms with Gasteiger partial charge >= 0.3 is 0 Å². The van der Waals surface area contributed by atoms with Gasteiger partial charge in [-0.05, 0) is 44.0 Å². The van der Waals surface area contributed by atoms with E-state index in [0.717, 1.165) is 49.4 Å². The second-order valence-corrected chi connectivity index (χ2v) is 7.85. The Morgan fingerprint density at radius 3 is 2.29 bits per heavy atom. The van der Waals surface area contributed by atoms with Crippen molar-refractivity contribution >= 4 is 17.5 Å². The Bertz CT molecular complexity index is 765. The van der Waals surface area contributed by atoms with Crippen LogP contribution in [0.1, 0.15) is 37.8 Å². The minimum absolute atomic E-state index is 0.558. The van der Waals surface area contributed by atoms with Crippen molar-refractivity contribution in [3.8, 4) is 5.75 Å². The molecule has 0 amide bonds. The van der Waals surface area contributed by atoms with E-state index in [1.165, 1.54) is 37.8 Å². The third-order valence-corrected chi connectivity index (χ3v) is 5.80. The van der Waals surface area contributed by atoms with Gasteiger partial charge in [-0.15, -0.1) is 0 Å². The average Bonchev–Trinajstić information content (AvgIpc) is 2.74. The highest BCUT2D eigenvalue weighted by molar-refractivity contribution is 5.51. The minimum Gasteiger partial charge on any atom is -0.497 e. The quantitative estimate of drug-likeness (QED) is 0.849. The van der Waals surface area contributed by atoms with Gasteiger partial charge in [-0.1, -0.05) is 19.3 Å². The van der Waals surface area contributed by atoms with Gasteiger partial charge in [0.05, 0.1) is 7.11 Å². The van der Waals surface area contributed by atoms with E-state index in [1.54, 1.807) is 7.11 Å². The molecule has 0 unspecified atom stereocenters. The molecule has 150 valence electrons. The third-order valence-electron chi connectivity index (χ3n) is 5.80. The van der Waals surface area contributed by atoms with Crippen molar-refractivity contribution in [3.05, 3.63) is 36.0 Å². The molecule has 1 N–H and O–H groups in total. The first-order valence-corrected chi connectivity index (χ1v) is 10.5. The highest BCUT2D eigenvalue weighted by Gasteiger charge is 2.21. The van der Waals surface area contributed by atoms with Crippen LogP contribution < -0.4 is 19.9 Å². The summed E-state index contributed by atoms with van der Waals surface area (Å²) in [5.41, 5.74) is 2.27. The molecule has 6 nitrogen and oxygen atoms in total. The number of anilines is 3. The maximum absolute atomic E-state index is 5.26. The molecular weight excluding hydrogens is 350 g/mol. The number of aromatic nitrogens is 2. The van der Waals surface area contributed by atoms with Crippen molar-refractivity contribution in [2.75, 3.05) is 48.4 Å². The molecule has 4 rings (SSSR count). The van der Waals surface area contributed by atoms with Crippen LogP contribution in [0.25, 0.3) is 0 Å². The Morgan fingerprint density at radius 2 is 1.61 bits per heavy atom. The second kappa shape index (κ2) is 8.67. The van der Waals surface area contributed by atoms with Crippen molar-refractivity contribution in [1.29, 1.82) is 0 Å². The van der Waals surface area contributed by atoms with Gasteiger partial charge in [0, 0.05) is 49.7 Å². The van der Waals surface area contributed by atoms with E-state index in [0.29, 0.717) is 6.04 Å². The maximum Gasteiger partial charge on any atom is 0.227 e. The van der Waals surface area contributed by atoms with Gasteiger partial charge in [0.2, 0.25) is 5.95 Å². The monoisotopic (exact) mass is 381 g/mol. The summed E-state index contributed by atoms with van der Waals surface area (Å²) in [6, 6.07) is 10.9. The van der Waals surface area contributed by atoms with E-state index in [2.05, 4.69) is 40.2 Å². The number of rotatable bonds is 5. The standard InChI is InChI=1S/C22H31N5O/c1-17-16-21(24-18-6-4-3-5-7-18)25-22(23-17)27-14-12-26(13-15-27)19-8-10-20(28-2)11-9-19/h8-11,16,18H,3-7,12-15H2,1-2H3,(H,23,24,25). The summed E-state index contributed by atoms with van der Waals surface area (Å²) in [5.74, 6) is 2.73. The Hall–Kier alpha value is -2.50. The summed E-state index contributed by atoms with van der Waals surface area (Å²) in [7, 11) is 1.70. The molecule has 0 radical (unpaired) electrons. The third kappa shape index (κ3) is 4.49. The number of hydrogen-bond acceptors (Lipinski definition) is 6. The molecule has 1 aromatic carbocycles. The van der Waals surface area contributed by atoms with Crippen molar-refractivity contribution in [2.45, 2.75) is 45.1 Å². The molecule has 1 aromatic heterocycles. The van der Waals surface area contributed by atoms with Crippen LogP contribution in [0.3, 0.4) is 0 Å². The zero-order chi connectivity index (χ0) is 19.3. The second-order valence-electron chi connectivity index (χ2n) is 7.85. The minimum atomic E-state index is 0.558. The number of benzene rings is 1. The highest BCUT2D eigenvalue weighted by atomic mass is 16.5. The molecule has 0 bridgehead atoms. The smallest absolute Gasteiger partial charge is 0.227 e. The molecule has 28 heavy (non-hydrogen) atoms. The maximum atomic E-state index is 5.26. The van der Waals surface area contributed by atoms with Crippen LogP contribution in [-0.4, -0.2) is 49.3 Å². The van der Waals surface area contributed by atoms with Gasteiger partial charge in [0.25, 0.3) is 0 Å². The lowest BCUT2D eigenvalue weighted by molar-refractivity contribution is 0.415. The fraction of sp³-hybridized carbons (Fsp3) is 0.545. The largest absolute Gasteiger partial charge is 0.497 e. The van der Waals surface area contributed by atoms with Crippen molar-refractivity contribution in [1.82, 2.24) is 9.97 Å². The predicted molar refractivity (Wildman–Crippen MR) is 115 cm³/mol. The molecule has 1 aliphatic carbocycles. The molecule has 0 spiro atoms. The Labute approximate surface area is 167 Å². The van der Waals surface area contributed by atoms with Crippen molar-refractivity contribution in [2.24, 2.45) is 0 Å². The van der Waals surface area contributed by atoms with Crippen LogP contribution in [0, 0.1) is 6.92 Å². The fourth-order valence-electron chi connectivity index (χ4n) is 4.18. The number of nitrogens with zero attached hydrogens (tertiary/aromatic N) is 4. The van der Waals surface area contributed by atoms with Crippen LogP contribution in [0.4, 0.5) is 17.5 Å². The number of methoxy groups -OCH3 is 1. The van der Waals surface area contributed by atoms with E-state index in [-0.39, 0.29) is 0 Å².